The van der Waals surface area contributed by atoms with E-state index in [0.29, 0.717) is 6.42 Å². The van der Waals surface area contributed by atoms with Gasteiger partial charge in [-0.2, -0.15) is 26.3 Å². The van der Waals surface area contributed by atoms with Gasteiger partial charge in [0, 0.05) is 5.92 Å². The van der Waals surface area contributed by atoms with E-state index in [2.05, 4.69) is 0 Å². The van der Waals surface area contributed by atoms with Crippen molar-refractivity contribution in [3.8, 4) is 0 Å². The van der Waals surface area contributed by atoms with Crippen molar-refractivity contribution in [2.24, 2.45) is 11.8 Å². The number of carbonyl (C=O) groups excluding carboxylic acids is 1. The SMILES string of the molecule is CCC(C)C(=O)OC1CCC(C(O)(C(F)(F)F)C(F)(F)F)CC1. The number of hydrogen-bond acceptors (Lipinski definition) is 3. The molecule has 0 spiro atoms. The molecular weight excluding hydrogens is 330 g/mol. The molecule has 0 heterocycles. The first-order chi connectivity index (χ1) is 10.3. The maximum absolute atomic E-state index is 12.8. The van der Waals surface area contributed by atoms with Crippen LogP contribution in [0.1, 0.15) is 46.0 Å². The van der Waals surface area contributed by atoms with Crippen LogP contribution in [0.25, 0.3) is 0 Å². The summed E-state index contributed by atoms with van der Waals surface area (Å²) in [6.07, 6.45) is -13.1. The molecule has 1 rings (SSSR count). The van der Waals surface area contributed by atoms with Crippen molar-refractivity contribution in [2.75, 3.05) is 0 Å². The lowest BCUT2D eigenvalue weighted by molar-refractivity contribution is -0.387. The molecule has 0 radical (unpaired) electrons. The highest BCUT2D eigenvalue weighted by molar-refractivity contribution is 5.72. The van der Waals surface area contributed by atoms with Crippen LogP contribution in [-0.4, -0.2) is 35.1 Å². The molecule has 1 aliphatic rings. The fraction of sp³-hybridized carbons (Fsp3) is 0.929. The summed E-state index contributed by atoms with van der Waals surface area (Å²) in [7, 11) is 0. The summed E-state index contributed by atoms with van der Waals surface area (Å²) in [5.74, 6) is -2.89. The number of alkyl halides is 6. The third-order valence-electron chi connectivity index (χ3n) is 4.43. The molecule has 0 bridgehead atoms. The molecule has 0 amide bonds. The molecule has 0 aromatic rings. The van der Waals surface area contributed by atoms with Gasteiger partial charge < -0.3 is 9.84 Å². The largest absolute Gasteiger partial charge is 0.462 e. The van der Waals surface area contributed by atoms with Crippen molar-refractivity contribution in [1.82, 2.24) is 0 Å². The number of carbonyl (C=O) groups is 1. The average Bonchev–Trinajstić information content (AvgIpc) is 2.43. The Bertz CT molecular complexity index is 396. The molecule has 0 saturated heterocycles. The van der Waals surface area contributed by atoms with Gasteiger partial charge in [-0.25, -0.2) is 0 Å². The zero-order valence-electron chi connectivity index (χ0n) is 12.8. The summed E-state index contributed by atoms with van der Waals surface area (Å²) in [4.78, 5) is 11.6. The van der Waals surface area contributed by atoms with E-state index >= 15 is 0 Å². The van der Waals surface area contributed by atoms with E-state index in [0.717, 1.165) is 0 Å². The summed E-state index contributed by atoms with van der Waals surface area (Å²) >= 11 is 0. The van der Waals surface area contributed by atoms with E-state index in [1.165, 1.54) is 0 Å². The lowest BCUT2D eigenvalue weighted by atomic mass is 9.75. The van der Waals surface area contributed by atoms with Gasteiger partial charge in [-0.1, -0.05) is 13.8 Å². The second-order valence-corrected chi connectivity index (χ2v) is 5.98. The predicted octanol–water partition coefficient (Wildman–Crippen LogP) is 3.99. The van der Waals surface area contributed by atoms with E-state index < -0.39 is 48.8 Å². The zero-order chi connectivity index (χ0) is 18.1. The Morgan fingerprint density at radius 2 is 1.52 bits per heavy atom. The Hall–Kier alpha value is -0.990. The lowest BCUT2D eigenvalue weighted by Gasteiger charge is -2.41. The molecule has 0 aromatic carbocycles. The number of halogens is 6. The predicted molar refractivity (Wildman–Crippen MR) is 68.4 cm³/mol. The van der Waals surface area contributed by atoms with Crippen LogP contribution < -0.4 is 0 Å². The summed E-state index contributed by atoms with van der Waals surface area (Å²) < 4.78 is 81.8. The summed E-state index contributed by atoms with van der Waals surface area (Å²) in [6.45, 7) is 3.38. The summed E-state index contributed by atoms with van der Waals surface area (Å²) in [5, 5.41) is 9.35. The molecule has 1 saturated carbocycles. The molecular formula is C14H20F6O3. The third kappa shape index (κ3) is 4.10. The van der Waals surface area contributed by atoms with Gasteiger partial charge in [-0.3, -0.25) is 4.79 Å². The van der Waals surface area contributed by atoms with E-state index in [-0.39, 0.29) is 18.8 Å². The Labute approximate surface area is 130 Å². The van der Waals surface area contributed by atoms with Crippen molar-refractivity contribution in [1.29, 1.82) is 0 Å². The van der Waals surface area contributed by atoms with Crippen LogP contribution in [0.5, 0.6) is 0 Å². The third-order valence-corrected chi connectivity index (χ3v) is 4.43. The van der Waals surface area contributed by atoms with Crippen LogP contribution in [0.3, 0.4) is 0 Å². The molecule has 0 aliphatic heterocycles. The topological polar surface area (TPSA) is 46.5 Å². The molecule has 1 fully saturated rings. The van der Waals surface area contributed by atoms with E-state index in [1.807, 2.05) is 0 Å². The molecule has 1 atom stereocenters. The molecule has 136 valence electrons. The minimum Gasteiger partial charge on any atom is -0.462 e. The fourth-order valence-electron chi connectivity index (χ4n) is 2.67. The zero-order valence-corrected chi connectivity index (χ0v) is 12.8. The standard InChI is InChI=1S/C14H20F6O3/c1-3-8(2)11(21)23-10-6-4-9(5-7-10)12(22,13(15,16)17)14(18,19)20/h8-10,22H,3-7H2,1-2H3. The number of esters is 1. The van der Waals surface area contributed by atoms with E-state index in [1.54, 1.807) is 13.8 Å². The van der Waals surface area contributed by atoms with Gasteiger partial charge in [0.25, 0.3) is 5.60 Å². The Kier molecular flexibility index (Phi) is 5.98. The smallest absolute Gasteiger partial charge is 0.426 e. The second kappa shape index (κ2) is 6.86. The summed E-state index contributed by atoms with van der Waals surface area (Å²) in [5.41, 5.74) is -4.73. The Morgan fingerprint density at radius 3 is 1.87 bits per heavy atom. The molecule has 1 N–H and O–H groups in total. The van der Waals surface area contributed by atoms with Crippen LogP contribution in [0, 0.1) is 11.8 Å². The Morgan fingerprint density at radius 1 is 1.09 bits per heavy atom. The number of ether oxygens (including phenoxy) is 1. The van der Waals surface area contributed by atoms with Crippen molar-refractivity contribution in [3.05, 3.63) is 0 Å². The lowest BCUT2D eigenvalue weighted by Crippen LogP contribution is -2.62. The van der Waals surface area contributed by atoms with Gasteiger partial charge in [0.2, 0.25) is 0 Å². The van der Waals surface area contributed by atoms with Gasteiger partial charge in [-0.15, -0.1) is 0 Å². The molecule has 1 unspecified atom stereocenters. The summed E-state index contributed by atoms with van der Waals surface area (Å²) in [6, 6.07) is 0. The fourth-order valence-corrected chi connectivity index (χ4v) is 2.67. The van der Waals surface area contributed by atoms with Crippen molar-refractivity contribution >= 4 is 5.97 Å². The monoisotopic (exact) mass is 350 g/mol. The minimum atomic E-state index is -5.81. The normalized spacial score (nSPS) is 25.1. The molecule has 0 aromatic heterocycles. The van der Waals surface area contributed by atoms with Gasteiger partial charge in [-0.05, 0) is 32.1 Å². The quantitative estimate of drug-likeness (QED) is 0.616. The van der Waals surface area contributed by atoms with Crippen molar-refractivity contribution in [2.45, 2.75) is 70.0 Å². The molecule has 3 nitrogen and oxygen atoms in total. The number of hydrogen-bond donors (Lipinski definition) is 1. The highest BCUT2D eigenvalue weighted by atomic mass is 19.4. The van der Waals surface area contributed by atoms with Gasteiger partial charge in [0.15, 0.2) is 0 Å². The molecule has 9 heteroatoms. The first-order valence-corrected chi connectivity index (χ1v) is 7.40. The van der Waals surface area contributed by atoms with Crippen LogP contribution in [0.2, 0.25) is 0 Å². The Balaban J connectivity index is 2.76. The number of rotatable bonds is 4. The van der Waals surface area contributed by atoms with Crippen LogP contribution >= 0.6 is 0 Å². The second-order valence-electron chi connectivity index (χ2n) is 5.98. The van der Waals surface area contributed by atoms with E-state index in [4.69, 9.17) is 4.74 Å². The van der Waals surface area contributed by atoms with Crippen LogP contribution in [0.15, 0.2) is 0 Å². The van der Waals surface area contributed by atoms with Crippen LogP contribution in [-0.2, 0) is 9.53 Å². The maximum Gasteiger partial charge on any atom is 0.426 e. The average molecular weight is 350 g/mol. The maximum atomic E-state index is 12.8. The van der Waals surface area contributed by atoms with Gasteiger partial charge >= 0.3 is 18.3 Å². The minimum absolute atomic E-state index is 0.138. The first-order valence-electron chi connectivity index (χ1n) is 7.40. The van der Waals surface area contributed by atoms with Crippen molar-refractivity contribution < 1.29 is 41.0 Å². The van der Waals surface area contributed by atoms with Crippen molar-refractivity contribution in [3.63, 3.8) is 0 Å². The highest BCUT2D eigenvalue weighted by Gasteiger charge is 2.73. The molecule has 23 heavy (non-hydrogen) atoms. The van der Waals surface area contributed by atoms with Gasteiger partial charge in [0.05, 0.1) is 5.92 Å². The van der Waals surface area contributed by atoms with Crippen LogP contribution in [0.4, 0.5) is 26.3 Å². The van der Waals surface area contributed by atoms with E-state index in [9.17, 15) is 36.2 Å². The first kappa shape index (κ1) is 20.1. The molecule has 1 aliphatic carbocycles. The number of aliphatic hydroxyl groups is 1. The highest BCUT2D eigenvalue weighted by Crippen LogP contribution is 2.51. The van der Waals surface area contributed by atoms with Gasteiger partial charge in [0.1, 0.15) is 6.10 Å².